The normalized spacial score (nSPS) is 14.1. The maximum Gasteiger partial charge on any atom is 0.338 e. The first-order valence-electron chi connectivity index (χ1n) is 9.00. The molecule has 0 fully saturated rings. The van der Waals surface area contributed by atoms with Crippen molar-refractivity contribution in [3.8, 4) is 5.75 Å². The number of benzene rings is 1. The highest BCUT2D eigenvalue weighted by Crippen LogP contribution is 2.27. The molecule has 3 heteroatoms. The van der Waals surface area contributed by atoms with Gasteiger partial charge < -0.3 is 9.47 Å². The van der Waals surface area contributed by atoms with Gasteiger partial charge in [0.25, 0.3) is 0 Å². The number of hydrogen-bond acceptors (Lipinski definition) is 3. The summed E-state index contributed by atoms with van der Waals surface area (Å²) in [6.07, 6.45) is 6.70. The highest BCUT2D eigenvalue weighted by atomic mass is 16.5. The molecule has 0 radical (unpaired) electrons. The van der Waals surface area contributed by atoms with E-state index in [0.717, 1.165) is 17.2 Å². The second-order valence-corrected chi connectivity index (χ2v) is 6.55. The fraction of sp³-hybridized carbons (Fsp3) is 0.571. The molecular weight excluding hydrogens is 300 g/mol. The minimum Gasteiger partial charge on any atom is -0.493 e. The maximum absolute atomic E-state index is 11.9. The highest BCUT2D eigenvalue weighted by molar-refractivity contribution is 6.17. The second-order valence-electron chi connectivity index (χ2n) is 6.55. The molecule has 0 heterocycles. The SMILES string of the molecule is CC=C(C(=O)OC)c1ccccc1OCC(C)CCCC(C)CC. The van der Waals surface area contributed by atoms with Crippen LogP contribution in [0.2, 0.25) is 0 Å². The summed E-state index contributed by atoms with van der Waals surface area (Å²) in [6, 6.07) is 7.64. The van der Waals surface area contributed by atoms with E-state index in [4.69, 9.17) is 9.47 Å². The third kappa shape index (κ3) is 6.38. The Morgan fingerprint density at radius 2 is 1.83 bits per heavy atom. The molecule has 0 aliphatic rings. The molecule has 2 atom stereocenters. The van der Waals surface area contributed by atoms with Crippen LogP contribution in [0.4, 0.5) is 0 Å². The largest absolute Gasteiger partial charge is 0.493 e. The zero-order valence-corrected chi connectivity index (χ0v) is 15.8. The lowest BCUT2D eigenvalue weighted by Gasteiger charge is -2.17. The Hall–Kier alpha value is -1.77. The van der Waals surface area contributed by atoms with E-state index >= 15 is 0 Å². The van der Waals surface area contributed by atoms with Gasteiger partial charge in [-0.1, -0.05) is 64.3 Å². The van der Waals surface area contributed by atoms with Gasteiger partial charge in [-0.25, -0.2) is 4.79 Å². The molecule has 1 aromatic carbocycles. The molecule has 24 heavy (non-hydrogen) atoms. The fourth-order valence-corrected chi connectivity index (χ4v) is 2.64. The van der Waals surface area contributed by atoms with Crippen LogP contribution >= 0.6 is 0 Å². The van der Waals surface area contributed by atoms with Gasteiger partial charge in [-0.05, 0) is 31.2 Å². The number of esters is 1. The molecule has 0 saturated carbocycles. The first kappa shape index (κ1) is 20.3. The number of carbonyl (C=O) groups is 1. The van der Waals surface area contributed by atoms with Gasteiger partial charge in [0.05, 0.1) is 19.3 Å². The van der Waals surface area contributed by atoms with Gasteiger partial charge in [0, 0.05) is 5.56 Å². The molecule has 0 spiro atoms. The van der Waals surface area contributed by atoms with Gasteiger partial charge in [0.2, 0.25) is 0 Å². The Morgan fingerprint density at radius 1 is 1.17 bits per heavy atom. The van der Waals surface area contributed by atoms with Gasteiger partial charge in [0.15, 0.2) is 0 Å². The first-order chi connectivity index (χ1) is 11.5. The van der Waals surface area contributed by atoms with Crippen LogP contribution in [0.15, 0.2) is 30.3 Å². The number of rotatable bonds is 10. The monoisotopic (exact) mass is 332 g/mol. The predicted octanol–water partition coefficient (Wildman–Crippen LogP) is 5.49. The molecule has 0 bridgehead atoms. The van der Waals surface area contributed by atoms with Gasteiger partial charge in [-0.15, -0.1) is 0 Å². The molecule has 0 aliphatic carbocycles. The quantitative estimate of drug-likeness (QED) is 0.419. The van der Waals surface area contributed by atoms with Crippen LogP contribution in [0.25, 0.3) is 5.57 Å². The average molecular weight is 332 g/mol. The summed E-state index contributed by atoms with van der Waals surface area (Å²) in [7, 11) is 1.40. The van der Waals surface area contributed by atoms with Crippen LogP contribution in [-0.2, 0) is 9.53 Å². The number of carbonyl (C=O) groups excluding carboxylic acids is 1. The Labute approximate surface area is 147 Å². The van der Waals surface area contributed by atoms with Crippen LogP contribution in [0.5, 0.6) is 5.75 Å². The lowest BCUT2D eigenvalue weighted by molar-refractivity contribution is -0.133. The summed E-state index contributed by atoms with van der Waals surface area (Å²) in [6.45, 7) is 9.27. The van der Waals surface area contributed by atoms with Crippen molar-refractivity contribution in [2.75, 3.05) is 13.7 Å². The van der Waals surface area contributed by atoms with Crippen molar-refractivity contribution in [3.63, 3.8) is 0 Å². The standard InChI is InChI=1S/C21H32O3/c1-6-16(3)11-10-12-17(4)15-24-20-14-9-8-13-19(20)18(7-2)21(22)23-5/h7-9,13-14,16-17H,6,10-12,15H2,1-5H3. The van der Waals surface area contributed by atoms with Crippen molar-refractivity contribution < 1.29 is 14.3 Å². The Bertz CT molecular complexity index is 534. The first-order valence-corrected chi connectivity index (χ1v) is 9.00. The molecule has 0 amide bonds. The lowest BCUT2D eigenvalue weighted by atomic mass is 9.97. The maximum atomic E-state index is 11.9. The minimum absolute atomic E-state index is 0.338. The van der Waals surface area contributed by atoms with Crippen LogP contribution in [0.1, 0.15) is 58.9 Å². The zero-order valence-electron chi connectivity index (χ0n) is 15.8. The van der Waals surface area contributed by atoms with Crippen LogP contribution < -0.4 is 4.74 Å². The molecule has 1 rings (SSSR count). The van der Waals surface area contributed by atoms with Crippen molar-refractivity contribution >= 4 is 11.5 Å². The van der Waals surface area contributed by atoms with Crippen molar-refractivity contribution in [1.82, 2.24) is 0 Å². The fourth-order valence-electron chi connectivity index (χ4n) is 2.64. The van der Waals surface area contributed by atoms with E-state index in [-0.39, 0.29) is 5.97 Å². The van der Waals surface area contributed by atoms with Crippen LogP contribution in [-0.4, -0.2) is 19.7 Å². The average Bonchev–Trinajstić information content (AvgIpc) is 2.61. The second kappa shape index (κ2) is 10.9. The zero-order chi connectivity index (χ0) is 17.9. The van der Waals surface area contributed by atoms with Crippen molar-refractivity contribution in [3.05, 3.63) is 35.9 Å². The van der Waals surface area contributed by atoms with Gasteiger partial charge in [0.1, 0.15) is 5.75 Å². The third-order valence-electron chi connectivity index (χ3n) is 4.49. The smallest absolute Gasteiger partial charge is 0.338 e. The molecule has 2 unspecified atom stereocenters. The number of hydrogen-bond donors (Lipinski definition) is 0. The van der Waals surface area contributed by atoms with Crippen LogP contribution in [0.3, 0.4) is 0 Å². The molecular formula is C21H32O3. The summed E-state index contributed by atoms with van der Waals surface area (Å²) < 4.78 is 10.9. The molecule has 0 aliphatic heterocycles. The van der Waals surface area contributed by atoms with Crippen molar-refractivity contribution in [1.29, 1.82) is 0 Å². The Kier molecular flexibility index (Phi) is 9.21. The van der Waals surface area contributed by atoms with E-state index in [1.165, 1.54) is 32.8 Å². The van der Waals surface area contributed by atoms with Gasteiger partial charge in [-0.3, -0.25) is 0 Å². The molecule has 0 saturated heterocycles. The Morgan fingerprint density at radius 3 is 2.46 bits per heavy atom. The molecule has 134 valence electrons. The van der Waals surface area contributed by atoms with E-state index in [2.05, 4.69) is 20.8 Å². The Balaban J connectivity index is 2.64. The van der Waals surface area contributed by atoms with E-state index in [9.17, 15) is 4.79 Å². The number of ether oxygens (including phenoxy) is 2. The molecule has 1 aromatic rings. The number of methoxy groups -OCH3 is 1. The van der Waals surface area contributed by atoms with E-state index in [0.29, 0.717) is 18.1 Å². The lowest BCUT2D eigenvalue weighted by Crippen LogP contribution is -2.11. The highest BCUT2D eigenvalue weighted by Gasteiger charge is 2.16. The van der Waals surface area contributed by atoms with E-state index < -0.39 is 0 Å². The third-order valence-corrected chi connectivity index (χ3v) is 4.49. The van der Waals surface area contributed by atoms with E-state index in [1.54, 1.807) is 6.08 Å². The summed E-state index contributed by atoms with van der Waals surface area (Å²) in [5.74, 6) is 1.70. The molecule has 0 aromatic heterocycles. The van der Waals surface area contributed by atoms with Gasteiger partial charge in [-0.2, -0.15) is 0 Å². The summed E-state index contributed by atoms with van der Waals surface area (Å²) in [5, 5.41) is 0. The minimum atomic E-state index is -0.338. The van der Waals surface area contributed by atoms with Crippen LogP contribution in [0, 0.1) is 11.8 Å². The van der Waals surface area contributed by atoms with Crippen molar-refractivity contribution in [2.45, 2.75) is 53.4 Å². The summed E-state index contributed by atoms with van der Waals surface area (Å²) in [4.78, 5) is 11.9. The summed E-state index contributed by atoms with van der Waals surface area (Å²) >= 11 is 0. The van der Waals surface area contributed by atoms with E-state index in [1.807, 2.05) is 31.2 Å². The number of allylic oxidation sites excluding steroid dienone is 1. The van der Waals surface area contributed by atoms with Gasteiger partial charge >= 0.3 is 5.97 Å². The number of para-hydroxylation sites is 1. The predicted molar refractivity (Wildman–Crippen MR) is 100 cm³/mol. The summed E-state index contributed by atoms with van der Waals surface area (Å²) in [5.41, 5.74) is 1.33. The molecule has 0 N–H and O–H groups in total. The molecule has 3 nitrogen and oxygen atoms in total. The topological polar surface area (TPSA) is 35.5 Å². The van der Waals surface area contributed by atoms with Crippen molar-refractivity contribution in [2.24, 2.45) is 11.8 Å².